The number of fused-ring (bicyclic) bond motifs is 2. The summed E-state index contributed by atoms with van der Waals surface area (Å²) in [6, 6.07) is 6.45. The van der Waals surface area contributed by atoms with Crippen molar-refractivity contribution in [1.82, 2.24) is 19.0 Å². The van der Waals surface area contributed by atoms with Crippen molar-refractivity contribution in [2.45, 2.75) is 32.8 Å². The number of amides is 1. The highest BCUT2D eigenvalue weighted by molar-refractivity contribution is 5.94. The van der Waals surface area contributed by atoms with Crippen molar-refractivity contribution in [3.8, 4) is 11.4 Å². The molecule has 0 N–H and O–H groups in total. The molecular formula is C23H19F3N4O4. The molecule has 1 atom stereocenters. The van der Waals surface area contributed by atoms with Gasteiger partial charge in [0.05, 0.1) is 24.3 Å². The number of imidazole rings is 1. The van der Waals surface area contributed by atoms with Crippen LogP contribution in [0.15, 0.2) is 58.3 Å². The average Bonchev–Trinajstić information content (AvgIpc) is 3.39. The molecule has 0 fully saturated rings. The first-order valence-corrected chi connectivity index (χ1v) is 10.4. The zero-order valence-corrected chi connectivity index (χ0v) is 18.2. The molecule has 0 bridgehead atoms. The predicted octanol–water partition coefficient (Wildman–Crippen LogP) is 4.20. The Morgan fingerprint density at radius 2 is 1.94 bits per heavy atom. The van der Waals surface area contributed by atoms with Crippen molar-refractivity contribution in [3.63, 3.8) is 0 Å². The molecule has 0 spiro atoms. The number of ether oxygens (including phenoxy) is 1. The van der Waals surface area contributed by atoms with E-state index in [0.29, 0.717) is 22.2 Å². The number of rotatable bonds is 4. The van der Waals surface area contributed by atoms with E-state index in [1.807, 2.05) is 6.92 Å². The Morgan fingerprint density at radius 3 is 2.65 bits per heavy atom. The van der Waals surface area contributed by atoms with Crippen molar-refractivity contribution in [1.29, 1.82) is 0 Å². The maximum absolute atomic E-state index is 13.3. The molecule has 34 heavy (non-hydrogen) atoms. The largest absolute Gasteiger partial charge is 0.573 e. The van der Waals surface area contributed by atoms with E-state index in [0.717, 1.165) is 5.69 Å². The van der Waals surface area contributed by atoms with Crippen LogP contribution in [-0.4, -0.2) is 37.8 Å². The van der Waals surface area contributed by atoms with Crippen LogP contribution >= 0.6 is 0 Å². The third kappa shape index (κ3) is 3.72. The Labute approximate surface area is 190 Å². The second kappa shape index (κ2) is 7.79. The van der Waals surface area contributed by atoms with Gasteiger partial charge in [0.25, 0.3) is 11.5 Å². The van der Waals surface area contributed by atoms with E-state index in [1.165, 1.54) is 29.0 Å². The normalized spacial score (nSPS) is 15.0. The predicted molar refractivity (Wildman–Crippen MR) is 115 cm³/mol. The highest BCUT2D eigenvalue weighted by Gasteiger charge is 2.33. The number of furan rings is 1. The molecule has 4 aromatic rings. The van der Waals surface area contributed by atoms with Crippen molar-refractivity contribution in [3.05, 3.63) is 76.4 Å². The highest BCUT2D eigenvalue weighted by atomic mass is 19.4. The Morgan fingerprint density at radius 1 is 1.15 bits per heavy atom. The van der Waals surface area contributed by atoms with Gasteiger partial charge in [-0.3, -0.25) is 9.59 Å². The van der Waals surface area contributed by atoms with Gasteiger partial charge in [0.1, 0.15) is 22.7 Å². The summed E-state index contributed by atoms with van der Waals surface area (Å²) in [5.41, 5.74) is 1.98. The average molecular weight is 472 g/mol. The van der Waals surface area contributed by atoms with E-state index in [-0.39, 0.29) is 36.0 Å². The number of carbonyl (C=O) groups excluding carboxylic acids is 1. The van der Waals surface area contributed by atoms with Crippen LogP contribution in [0.5, 0.6) is 5.75 Å². The van der Waals surface area contributed by atoms with Crippen molar-refractivity contribution >= 4 is 16.9 Å². The first-order valence-electron chi connectivity index (χ1n) is 10.4. The van der Waals surface area contributed by atoms with Crippen LogP contribution in [0, 0.1) is 6.92 Å². The highest BCUT2D eigenvalue weighted by Crippen LogP contribution is 2.35. The molecule has 1 aliphatic heterocycles. The number of pyridine rings is 1. The molecule has 5 rings (SSSR count). The molecule has 8 nitrogen and oxygen atoms in total. The number of benzene rings is 1. The van der Waals surface area contributed by atoms with Gasteiger partial charge in [-0.15, -0.1) is 13.2 Å². The minimum Gasteiger partial charge on any atom is -0.464 e. The lowest BCUT2D eigenvalue weighted by Crippen LogP contribution is -2.45. The molecule has 1 aromatic carbocycles. The van der Waals surface area contributed by atoms with Crippen LogP contribution in [0.3, 0.4) is 0 Å². The van der Waals surface area contributed by atoms with E-state index in [1.54, 1.807) is 41.0 Å². The molecule has 3 aromatic heterocycles. The van der Waals surface area contributed by atoms with Crippen LogP contribution in [0.2, 0.25) is 0 Å². The second-order valence-electron chi connectivity index (χ2n) is 8.05. The number of aryl methyl sites for hydroxylation is 1. The number of hydrogen-bond acceptors (Lipinski definition) is 5. The number of halogens is 3. The van der Waals surface area contributed by atoms with Gasteiger partial charge in [0.15, 0.2) is 0 Å². The summed E-state index contributed by atoms with van der Waals surface area (Å²) in [4.78, 5) is 32.0. The maximum Gasteiger partial charge on any atom is 0.573 e. The van der Waals surface area contributed by atoms with Gasteiger partial charge < -0.3 is 23.2 Å². The fourth-order valence-corrected chi connectivity index (χ4v) is 4.27. The van der Waals surface area contributed by atoms with Crippen molar-refractivity contribution in [2.75, 3.05) is 6.54 Å². The summed E-state index contributed by atoms with van der Waals surface area (Å²) in [5.74, 6) is -0.736. The molecule has 1 aliphatic rings. The summed E-state index contributed by atoms with van der Waals surface area (Å²) in [7, 11) is 0. The van der Waals surface area contributed by atoms with Gasteiger partial charge in [0, 0.05) is 30.2 Å². The molecule has 0 aliphatic carbocycles. The lowest BCUT2D eigenvalue weighted by Gasteiger charge is -2.34. The Balaban J connectivity index is 1.47. The molecule has 0 radical (unpaired) electrons. The minimum absolute atomic E-state index is 0.234. The third-order valence-electron chi connectivity index (χ3n) is 5.91. The van der Waals surface area contributed by atoms with Gasteiger partial charge in [-0.25, -0.2) is 4.98 Å². The summed E-state index contributed by atoms with van der Waals surface area (Å²) in [6.45, 7) is 4.08. The first-order chi connectivity index (χ1) is 16.1. The van der Waals surface area contributed by atoms with Crippen LogP contribution in [0.4, 0.5) is 13.2 Å². The standard InChI is InChI=1S/C23H19F3N4O4/c1-13-10-28(12-27-13)18-4-5-19-22(32)29(7-8-30(19)21(18)31)14(2)17-11-33-20-6-3-15(9-16(17)20)34-23(24,25)26/h3-6,9-12,14H,7-8H2,1-2H3. The summed E-state index contributed by atoms with van der Waals surface area (Å²) < 4.78 is 50.5. The van der Waals surface area contributed by atoms with Gasteiger partial charge >= 0.3 is 6.36 Å². The van der Waals surface area contributed by atoms with E-state index in [4.69, 9.17) is 4.42 Å². The van der Waals surface area contributed by atoms with Crippen LogP contribution in [-0.2, 0) is 6.54 Å². The Kier molecular flexibility index (Phi) is 4.99. The molecular weight excluding hydrogens is 453 g/mol. The molecule has 0 saturated heterocycles. The summed E-state index contributed by atoms with van der Waals surface area (Å²) in [6.07, 6.45) is -0.133. The van der Waals surface area contributed by atoms with Gasteiger partial charge in [-0.1, -0.05) is 0 Å². The van der Waals surface area contributed by atoms with Gasteiger partial charge in [-0.2, -0.15) is 0 Å². The topological polar surface area (TPSA) is 82.5 Å². The van der Waals surface area contributed by atoms with E-state index in [2.05, 4.69) is 9.72 Å². The number of nitrogens with zero attached hydrogens (tertiary/aromatic N) is 4. The smallest absolute Gasteiger partial charge is 0.464 e. The maximum atomic E-state index is 13.3. The zero-order chi connectivity index (χ0) is 24.2. The number of carbonyl (C=O) groups is 1. The monoisotopic (exact) mass is 472 g/mol. The lowest BCUT2D eigenvalue weighted by atomic mass is 10.0. The molecule has 176 valence electrons. The molecule has 11 heteroatoms. The zero-order valence-electron chi connectivity index (χ0n) is 18.2. The Hall–Kier alpha value is -4.02. The molecule has 0 saturated carbocycles. The molecule has 1 amide bonds. The second-order valence-corrected chi connectivity index (χ2v) is 8.05. The van der Waals surface area contributed by atoms with Crippen LogP contribution < -0.4 is 10.3 Å². The lowest BCUT2D eigenvalue weighted by molar-refractivity contribution is -0.274. The number of aromatic nitrogens is 3. The molecule has 4 heterocycles. The molecule has 1 unspecified atom stereocenters. The van der Waals surface area contributed by atoms with Crippen LogP contribution in [0.1, 0.15) is 34.7 Å². The summed E-state index contributed by atoms with van der Waals surface area (Å²) >= 11 is 0. The van der Waals surface area contributed by atoms with Crippen molar-refractivity contribution in [2.24, 2.45) is 0 Å². The quantitative estimate of drug-likeness (QED) is 0.445. The SMILES string of the molecule is Cc1cn(-c2ccc3n(c2=O)CCN(C(C)c2coc4ccc(OC(F)(F)F)cc24)C3=O)cn1. The summed E-state index contributed by atoms with van der Waals surface area (Å²) in [5, 5.41) is 0.413. The fourth-order valence-electron chi connectivity index (χ4n) is 4.27. The van der Waals surface area contributed by atoms with Gasteiger partial charge in [0.2, 0.25) is 0 Å². The number of hydrogen-bond donors (Lipinski definition) is 0. The minimum atomic E-state index is -4.82. The van der Waals surface area contributed by atoms with E-state index >= 15 is 0 Å². The van der Waals surface area contributed by atoms with Crippen molar-refractivity contribution < 1.29 is 27.1 Å². The number of alkyl halides is 3. The van der Waals surface area contributed by atoms with E-state index < -0.39 is 12.4 Å². The van der Waals surface area contributed by atoms with Gasteiger partial charge in [-0.05, 0) is 44.2 Å². The fraction of sp³-hybridized carbons (Fsp3) is 0.261. The van der Waals surface area contributed by atoms with E-state index in [9.17, 15) is 22.8 Å². The van der Waals surface area contributed by atoms with Crippen LogP contribution in [0.25, 0.3) is 16.7 Å². The third-order valence-corrected chi connectivity index (χ3v) is 5.91. The Bertz CT molecular complexity index is 1470. The first kappa shape index (κ1) is 21.8.